The number of aliphatic hydroxyl groups is 3. The number of fused-ring (bicyclic) bond motifs is 1. The fraction of sp³-hybridized carbons (Fsp3) is 0.333. The van der Waals surface area contributed by atoms with E-state index in [1.807, 2.05) is 0 Å². The van der Waals surface area contributed by atoms with Crippen molar-refractivity contribution in [1.82, 2.24) is 14.5 Å². The highest BCUT2D eigenvalue weighted by Crippen LogP contribution is 2.51. The molecule has 5 N–H and O–H groups in total. The fourth-order valence-corrected chi connectivity index (χ4v) is 3.64. The van der Waals surface area contributed by atoms with Gasteiger partial charge in [-0.3, -0.25) is 0 Å². The highest BCUT2D eigenvalue weighted by molar-refractivity contribution is 5.86. The maximum absolute atomic E-state index is 13.9. The minimum atomic E-state index is -5.47. The van der Waals surface area contributed by atoms with Gasteiger partial charge in [0.15, 0.2) is 17.9 Å². The molecule has 0 aliphatic carbocycles. The number of alkyl halides is 3. The number of nitrogens with two attached hydrogens (primary N) is 1. The minimum Gasteiger partial charge on any atom is -0.386 e. The lowest BCUT2D eigenvalue weighted by Crippen LogP contribution is -2.60. The first-order chi connectivity index (χ1) is 14.5. The lowest BCUT2D eigenvalue weighted by molar-refractivity contribution is -0.302. The summed E-state index contributed by atoms with van der Waals surface area (Å²) in [7, 11) is 0. The topological polar surface area (TPSA) is 127 Å². The van der Waals surface area contributed by atoms with Crippen molar-refractivity contribution in [3.63, 3.8) is 0 Å². The molecule has 1 saturated heterocycles. The van der Waals surface area contributed by atoms with Gasteiger partial charge in [-0.15, -0.1) is 0 Å². The molecule has 1 aromatic carbocycles. The average Bonchev–Trinajstić information content (AvgIpc) is 3.24. The SMILES string of the molecule is Nc1ncnc2c1ccn2[C@@H]1O[C@H](C(O)c2ccc(F)c(F)c2)[C@](O)(C(F)(F)F)[C@H]1O. The quantitative estimate of drug-likeness (QED) is 0.450. The molecule has 4 rings (SSSR count). The Hall–Kier alpha value is -2.87. The molecule has 1 unspecified atom stereocenters. The summed E-state index contributed by atoms with van der Waals surface area (Å²) in [6.07, 6.45) is -12.5. The van der Waals surface area contributed by atoms with Crippen LogP contribution in [0.4, 0.5) is 27.8 Å². The van der Waals surface area contributed by atoms with E-state index in [1.165, 1.54) is 12.3 Å². The predicted octanol–water partition coefficient (Wildman–Crippen LogP) is 1.58. The van der Waals surface area contributed by atoms with Crippen LogP contribution in [-0.4, -0.2) is 53.8 Å². The number of ether oxygens (including phenoxy) is 1. The van der Waals surface area contributed by atoms with Crippen molar-refractivity contribution >= 4 is 16.9 Å². The van der Waals surface area contributed by atoms with Crippen molar-refractivity contribution in [2.24, 2.45) is 0 Å². The fourth-order valence-electron chi connectivity index (χ4n) is 3.64. The lowest BCUT2D eigenvalue weighted by atomic mass is 9.86. The number of hydrogen-bond donors (Lipinski definition) is 4. The van der Waals surface area contributed by atoms with Crippen LogP contribution in [0.1, 0.15) is 17.9 Å². The van der Waals surface area contributed by atoms with Gasteiger partial charge in [-0.05, 0) is 23.8 Å². The number of anilines is 1. The number of nitrogen functional groups attached to an aromatic ring is 1. The molecule has 0 radical (unpaired) electrons. The van der Waals surface area contributed by atoms with Crippen LogP contribution < -0.4 is 5.73 Å². The van der Waals surface area contributed by atoms with Crippen molar-refractivity contribution in [1.29, 1.82) is 0 Å². The van der Waals surface area contributed by atoms with Crippen molar-refractivity contribution in [3.05, 3.63) is 54.0 Å². The van der Waals surface area contributed by atoms with E-state index >= 15 is 0 Å². The number of rotatable bonds is 3. The smallest absolute Gasteiger partial charge is 0.386 e. The largest absolute Gasteiger partial charge is 0.422 e. The first-order valence-electron chi connectivity index (χ1n) is 8.79. The van der Waals surface area contributed by atoms with Gasteiger partial charge in [-0.1, -0.05) is 6.07 Å². The second-order valence-corrected chi connectivity index (χ2v) is 7.05. The Morgan fingerprint density at radius 3 is 2.52 bits per heavy atom. The standard InChI is InChI=1S/C18H15F5N4O4/c19-9-2-1-7(5-10(9)20)11(28)13-17(30,18(21,22)23)12(29)16(31-13)27-4-3-8-14(24)25-6-26-15(8)27/h1-6,11-13,16,28-30H,(H2,24,25,26)/t11?,12-,13+,16+,17-/m0/s1. The Bertz CT molecular complexity index is 1140. The van der Waals surface area contributed by atoms with Crippen LogP contribution in [0.3, 0.4) is 0 Å². The molecule has 166 valence electrons. The van der Waals surface area contributed by atoms with E-state index in [1.54, 1.807) is 0 Å². The average molecular weight is 446 g/mol. The molecule has 31 heavy (non-hydrogen) atoms. The van der Waals surface area contributed by atoms with Crippen LogP contribution in [0, 0.1) is 11.6 Å². The zero-order valence-electron chi connectivity index (χ0n) is 15.3. The molecule has 0 spiro atoms. The normalized spacial score (nSPS) is 27.7. The molecule has 1 aliphatic heterocycles. The number of benzene rings is 1. The number of halogens is 5. The zero-order valence-corrected chi connectivity index (χ0v) is 15.3. The molecular formula is C18H15F5N4O4. The van der Waals surface area contributed by atoms with Crippen molar-refractivity contribution in [3.8, 4) is 0 Å². The summed E-state index contributed by atoms with van der Waals surface area (Å²) >= 11 is 0. The summed E-state index contributed by atoms with van der Waals surface area (Å²) in [5, 5.41) is 31.7. The summed E-state index contributed by atoms with van der Waals surface area (Å²) in [6, 6.07) is 3.27. The first-order valence-corrected chi connectivity index (χ1v) is 8.79. The van der Waals surface area contributed by atoms with Gasteiger partial charge in [0.05, 0.1) is 5.39 Å². The molecular weight excluding hydrogens is 431 g/mol. The Labute approximate surface area is 170 Å². The Morgan fingerprint density at radius 2 is 1.87 bits per heavy atom. The van der Waals surface area contributed by atoms with Gasteiger partial charge in [0.2, 0.25) is 5.60 Å². The van der Waals surface area contributed by atoms with Crippen molar-refractivity contribution < 1.29 is 42.0 Å². The number of hydrogen-bond acceptors (Lipinski definition) is 7. The molecule has 3 aromatic rings. The Kier molecular flexibility index (Phi) is 4.88. The van der Waals surface area contributed by atoms with Crippen LogP contribution >= 0.6 is 0 Å². The van der Waals surface area contributed by atoms with E-state index in [4.69, 9.17) is 10.5 Å². The molecule has 3 heterocycles. The molecule has 13 heteroatoms. The second kappa shape index (κ2) is 7.09. The van der Waals surface area contributed by atoms with Gasteiger partial charge in [0, 0.05) is 6.20 Å². The van der Waals surface area contributed by atoms with Gasteiger partial charge in [-0.25, -0.2) is 18.7 Å². The molecule has 1 aliphatic rings. The van der Waals surface area contributed by atoms with E-state index < -0.39 is 53.5 Å². The summed E-state index contributed by atoms with van der Waals surface area (Å²) < 4.78 is 74.6. The van der Waals surface area contributed by atoms with Crippen molar-refractivity contribution in [2.45, 2.75) is 36.3 Å². The molecule has 5 atom stereocenters. The maximum Gasteiger partial charge on any atom is 0.422 e. The van der Waals surface area contributed by atoms with Crippen molar-refractivity contribution in [2.75, 3.05) is 5.73 Å². The van der Waals surface area contributed by atoms with E-state index in [2.05, 4.69) is 9.97 Å². The van der Waals surface area contributed by atoms with E-state index in [0.717, 1.165) is 17.0 Å². The Balaban J connectivity index is 1.81. The van der Waals surface area contributed by atoms with Crippen LogP contribution in [0.25, 0.3) is 11.0 Å². The Morgan fingerprint density at radius 1 is 1.16 bits per heavy atom. The third kappa shape index (κ3) is 3.12. The van der Waals surface area contributed by atoms with Gasteiger partial charge >= 0.3 is 6.18 Å². The summed E-state index contributed by atoms with van der Waals surface area (Å²) in [5.74, 6) is -2.70. The third-order valence-corrected chi connectivity index (χ3v) is 5.28. The van der Waals surface area contributed by atoms with Gasteiger partial charge in [-0.2, -0.15) is 13.2 Å². The molecule has 0 saturated carbocycles. The minimum absolute atomic E-state index is 0.00374. The molecule has 0 bridgehead atoms. The predicted molar refractivity (Wildman–Crippen MR) is 94.2 cm³/mol. The second-order valence-electron chi connectivity index (χ2n) is 7.05. The van der Waals surface area contributed by atoms with Gasteiger partial charge < -0.3 is 30.4 Å². The molecule has 8 nitrogen and oxygen atoms in total. The summed E-state index contributed by atoms with van der Waals surface area (Å²) in [5.41, 5.74) is 1.25. The van der Waals surface area contributed by atoms with Crippen LogP contribution in [0.5, 0.6) is 0 Å². The lowest BCUT2D eigenvalue weighted by Gasteiger charge is -2.34. The third-order valence-electron chi connectivity index (χ3n) is 5.28. The van der Waals surface area contributed by atoms with E-state index in [-0.39, 0.29) is 16.9 Å². The number of nitrogens with zero attached hydrogens (tertiary/aromatic N) is 3. The van der Waals surface area contributed by atoms with Gasteiger partial charge in [0.25, 0.3) is 0 Å². The summed E-state index contributed by atoms with van der Waals surface area (Å²) in [6.45, 7) is 0. The number of aliphatic hydroxyl groups excluding tert-OH is 2. The summed E-state index contributed by atoms with van der Waals surface area (Å²) in [4.78, 5) is 7.65. The van der Waals surface area contributed by atoms with Crippen LogP contribution in [0.2, 0.25) is 0 Å². The van der Waals surface area contributed by atoms with Crippen LogP contribution in [-0.2, 0) is 4.74 Å². The highest BCUT2D eigenvalue weighted by atomic mass is 19.4. The molecule has 1 fully saturated rings. The van der Waals surface area contributed by atoms with E-state index in [9.17, 15) is 37.3 Å². The monoisotopic (exact) mass is 446 g/mol. The maximum atomic E-state index is 13.9. The van der Waals surface area contributed by atoms with Crippen LogP contribution in [0.15, 0.2) is 36.8 Å². The molecule has 2 aromatic heterocycles. The zero-order chi connectivity index (χ0) is 22.7. The van der Waals surface area contributed by atoms with E-state index in [0.29, 0.717) is 12.1 Å². The molecule has 0 amide bonds. The highest BCUT2D eigenvalue weighted by Gasteiger charge is 2.72. The van der Waals surface area contributed by atoms with Gasteiger partial charge in [0.1, 0.15) is 36.1 Å². The number of aromatic nitrogens is 3. The first kappa shape index (κ1) is 21.4.